The SMILES string of the molecule is CCOc1ccc(C(=O)NC(C(=O)N2CCCN(Cc3ccccc3C)CC2)C(C)C)cc1. The van der Waals surface area contributed by atoms with Gasteiger partial charge in [-0.1, -0.05) is 38.1 Å². The normalized spacial score (nSPS) is 15.7. The van der Waals surface area contributed by atoms with Crippen molar-refractivity contribution in [3.8, 4) is 5.75 Å². The molecule has 2 aromatic carbocycles. The summed E-state index contributed by atoms with van der Waals surface area (Å²) in [6.45, 7) is 12.7. The molecule has 0 aromatic heterocycles. The van der Waals surface area contributed by atoms with E-state index in [4.69, 9.17) is 4.74 Å². The first-order valence-electron chi connectivity index (χ1n) is 12.0. The molecule has 0 radical (unpaired) electrons. The minimum absolute atomic E-state index is 0.00188. The van der Waals surface area contributed by atoms with Crippen molar-refractivity contribution < 1.29 is 14.3 Å². The van der Waals surface area contributed by atoms with Crippen molar-refractivity contribution in [1.82, 2.24) is 15.1 Å². The summed E-state index contributed by atoms with van der Waals surface area (Å²) in [5.74, 6) is 0.490. The lowest BCUT2D eigenvalue weighted by molar-refractivity contribution is -0.134. The second-order valence-corrected chi connectivity index (χ2v) is 9.03. The second kappa shape index (κ2) is 11.8. The maximum Gasteiger partial charge on any atom is 0.251 e. The van der Waals surface area contributed by atoms with Crippen LogP contribution in [0.3, 0.4) is 0 Å². The molecule has 0 spiro atoms. The number of ether oxygens (including phenoxy) is 1. The van der Waals surface area contributed by atoms with Crippen molar-refractivity contribution in [2.45, 2.75) is 46.7 Å². The van der Waals surface area contributed by atoms with Gasteiger partial charge in [0.1, 0.15) is 11.8 Å². The quantitative estimate of drug-likeness (QED) is 0.662. The van der Waals surface area contributed by atoms with Gasteiger partial charge in [-0.2, -0.15) is 0 Å². The van der Waals surface area contributed by atoms with Gasteiger partial charge in [0.05, 0.1) is 6.61 Å². The van der Waals surface area contributed by atoms with Crippen LogP contribution in [0.1, 0.15) is 48.7 Å². The highest BCUT2D eigenvalue weighted by Crippen LogP contribution is 2.16. The molecule has 1 heterocycles. The summed E-state index contributed by atoms with van der Waals surface area (Å²) >= 11 is 0. The molecule has 2 aromatic rings. The van der Waals surface area contributed by atoms with E-state index < -0.39 is 6.04 Å². The monoisotopic (exact) mass is 451 g/mol. The summed E-state index contributed by atoms with van der Waals surface area (Å²) in [7, 11) is 0. The van der Waals surface area contributed by atoms with Crippen LogP contribution >= 0.6 is 0 Å². The fraction of sp³-hybridized carbons (Fsp3) is 0.481. The Morgan fingerprint density at radius 3 is 2.39 bits per heavy atom. The number of carbonyl (C=O) groups excluding carboxylic acids is 2. The van der Waals surface area contributed by atoms with Crippen molar-refractivity contribution in [2.75, 3.05) is 32.8 Å². The van der Waals surface area contributed by atoms with Crippen LogP contribution in [-0.2, 0) is 11.3 Å². The van der Waals surface area contributed by atoms with Gasteiger partial charge in [-0.25, -0.2) is 0 Å². The Balaban J connectivity index is 1.60. The number of amides is 2. The molecular weight excluding hydrogens is 414 g/mol. The Hall–Kier alpha value is -2.86. The summed E-state index contributed by atoms with van der Waals surface area (Å²) in [6, 6.07) is 14.9. The van der Waals surface area contributed by atoms with Gasteiger partial charge in [0.2, 0.25) is 5.91 Å². The number of carbonyl (C=O) groups is 2. The van der Waals surface area contributed by atoms with Gasteiger partial charge in [-0.15, -0.1) is 0 Å². The average molecular weight is 452 g/mol. The number of rotatable bonds is 8. The van der Waals surface area contributed by atoms with Gasteiger partial charge in [0, 0.05) is 38.3 Å². The number of aryl methyl sites for hydroxylation is 1. The molecule has 1 fully saturated rings. The molecule has 178 valence electrons. The molecule has 1 atom stereocenters. The highest BCUT2D eigenvalue weighted by molar-refractivity contribution is 5.97. The van der Waals surface area contributed by atoms with Crippen molar-refractivity contribution >= 4 is 11.8 Å². The summed E-state index contributed by atoms with van der Waals surface area (Å²) in [6.07, 6.45) is 0.926. The molecule has 1 saturated heterocycles. The highest BCUT2D eigenvalue weighted by atomic mass is 16.5. The molecule has 6 nitrogen and oxygen atoms in total. The van der Waals surface area contributed by atoms with Crippen molar-refractivity contribution in [1.29, 1.82) is 0 Å². The number of hydrogen-bond acceptors (Lipinski definition) is 4. The molecule has 0 saturated carbocycles. The lowest BCUT2D eigenvalue weighted by atomic mass is 10.0. The highest BCUT2D eigenvalue weighted by Gasteiger charge is 2.30. The predicted octanol–water partition coefficient (Wildman–Crippen LogP) is 3.88. The lowest BCUT2D eigenvalue weighted by Crippen LogP contribution is -2.52. The third-order valence-corrected chi connectivity index (χ3v) is 6.20. The van der Waals surface area contributed by atoms with Gasteiger partial charge in [0.25, 0.3) is 5.91 Å². The molecule has 0 bridgehead atoms. The van der Waals surface area contributed by atoms with Crippen molar-refractivity contribution in [3.63, 3.8) is 0 Å². The number of benzene rings is 2. The van der Waals surface area contributed by atoms with E-state index in [9.17, 15) is 9.59 Å². The van der Waals surface area contributed by atoms with Gasteiger partial charge in [-0.3, -0.25) is 14.5 Å². The first kappa shape index (κ1) is 24.8. The minimum atomic E-state index is -0.549. The van der Waals surface area contributed by atoms with Gasteiger partial charge >= 0.3 is 0 Å². The largest absolute Gasteiger partial charge is 0.494 e. The van der Waals surface area contributed by atoms with Crippen LogP contribution in [0.4, 0.5) is 0 Å². The Bertz CT molecular complexity index is 926. The molecule has 1 N–H and O–H groups in total. The van der Waals surface area contributed by atoms with E-state index in [1.807, 2.05) is 25.7 Å². The zero-order valence-electron chi connectivity index (χ0n) is 20.3. The predicted molar refractivity (Wildman–Crippen MR) is 131 cm³/mol. The van der Waals surface area contributed by atoms with Crippen molar-refractivity contribution in [2.24, 2.45) is 5.92 Å². The Morgan fingerprint density at radius 2 is 1.73 bits per heavy atom. The molecule has 2 amide bonds. The van der Waals surface area contributed by atoms with Crippen LogP contribution in [-0.4, -0.2) is 60.4 Å². The van der Waals surface area contributed by atoms with Crippen LogP contribution in [0.5, 0.6) is 5.75 Å². The molecule has 6 heteroatoms. The van der Waals surface area contributed by atoms with E-state index in [2.05, 4.69) is 41.4 Å². The molecule has 33 heavy (non-hydrogen) atoms. The fourth-order valence-corrected chi connectivity index (χ4v) is 4.18. The topological polar surface area (TPSA) is 61.9 Å². The van der Waals surface area contributed by atoms with Gasteiger partial charge < -0.3 is 15.0 Å². The number of nitrogens with zero attached hydrogens (tertiary/aromatic N) is 2. The number of nitrogens with one attached hydrogen (secondary N) is 1. The first-order chi connectivity index (χ1) is 15.9. The standard InChI is InChI=1S/C27H37N3O3/c1-5-33-24-13-11-22(12-14-24)26(31)28-25(20(2)3)27(32)30-16-8-15-29(17-18-30)19-23-10-7-6-9-21(23)4/h6-7,9-14,20,25H,5,8,15-19H2,1-4H3,(H,28,31). The van der Waals surface area contributed by atoms with Crippen molar-refractivity contribution in [3.05, 3.63) is 65.2 Å². The van der Waals surface area contributed by atoms with E-state index >= 15 is 0 Å². The average Bonchev–Trinajstić information content (AvgIpc) is 3.04. The van der Waals surface area contributed by atoms with Gasteiger partial charge in [-0.05, 0) is 61.6 Å². The molecule has 0 aliphatic carbocycles. The zero-order chi connectivity index (χ0) is 23.8. The maximum absolute atomic E-state index is 13.4. The molecule has 3 rings (SSSR count). The molecule has 1 unspecified atom stereocenters. The third kappa shape index (κ3) is 6.81. The Labute approximate surface area is 197 Å². The molecule has 1 aliphatic heterocycles. The van der Waals surface area contributed by atoms with Crippen LogP contribution in [0, 0.1) is 12.8 Å². The summed E-state index contributed by atoms with van der Waals surface area (Å²) < 4.78 is 5.45. The van der Waals surface area contributed by atoms with Gasteiger partial charge in [0.15, 0.2) is 0 Å². The van der Waals surface area contributed by atoms with E-state index in [-0.39, 0.29) is 17.7 Å². The van der Waals surface area contributed by atoms with Crippen LogP contribution in [0.2, 0.25) is 0 Å². The van der Waals surface area contributed by atoms with E-state index in [1.165, 1.54) is 11.1 Å². The summed E-state index contributed by atoms with van der Waals surface area (Å²) in [5, 5.41) is 2.98. The third-order valence-electron chi connectivity index (χ3n) is 6.20. The van der Waals surface area contributed by atoms with E-state index in [0.29, 0.717) is 25.3 Å². The van der Waals surface area contributed by atoms with E-state index in [1.54, 1.807) is 24.3 Å². The fourth-order valence-electron chi connectivity index (χ4n) is 4.18. The first-order valence-corrected chi connectivity index (χ1v) is 12.0. The van der Waals surface area contributed by atoms with Crippen LogP contribution < -0.4 is 10.1 Å². The smallest absolute Gasteiger partial charge is 0.251 e. The number of hydrogen-bond donors (Lipinski definition) is 1. The Kier molecular flexibility index (Phi) is 8.89. The zero-order valence-corrected chi connectivity index (χ0v) is 20.3. The Morgan fingerprint density at radius 1 is 1.00 bits per heavy atom. The second-order valence-electron chi connectivity index (χ2n) is 9.03. The molecular formula is C27H37N3O3. The molecule has 1 aliphatic rings. The minimum Gasteiger partial charge on any atom is -0.494 e. The maximum atomic E-state index is 13.4. The lowest BCUT2D eigenvalue weighted by Gasteiger charge is -2.29. The summed E-state index contributed by atoms with van der Waals surface area (Å²) in [4.78, 5) is 30.6. The van der Waals surface area contributed by atoms with E-state index in [0.717, 1.165) is 31.8 Å². The summed E-state index contributed by atoms with van der Waals surface area (Å²) in [5.41, 5.74) is 3.16. The van der Waals surface area contributed by atoms with Crippen LogP contribution in [0.15, 0.2) is 48.5 Å². The van der Waals surface area contributed by atoms with Crippen LogP contribution in [0.25, 0.3) is 0 Å².